The number of rotatable bonds is 5. The molecule has 1 aliphatic heterocycles. The van der Waals surface area contributed by atoms with Gasteiger partial charge in [0.2, 0.25) is 0 Å². The number of carbonyl (C=O) groups is 1. The molecule has 0 saturated carbocycles. The summed E-state index contributed by atoms with van der Waals surface area (Å²) in [5, 5.41) is 12.6. The van der Waals surface area contributed by atoms with Crippen LogP contribution >= 0.6 is 11.3 Å². The third kappa shape index (κ3) is 2.90. The van der Waals surface area contributed by atoms with Crippen LogP contribution < -0.4 is 5.32 Å². The highest BCUT2D eigenvalue weighted by Crippen LogP contribution is 2.31. The van der Waals surface area contributed by atoms with Crippen molar-refractivity contribution in [3.05, 3.63) is 21.4 Å². The molecule has 2 N–H and O–H groups in total. The molecule has 4 nitrogen and oxygen atoms in total. The van der Waals surface area contributed by atoms with Gasteiger partial charge in [0.1, 0.15) is 0 Å². The summed E-state index contributed by atoms with van der Waals surface area (Å²) in [6, 6.07) is 2.46. The average molecular weight is 294 g/mol. The number of amides is 1. The minimum Gasteiger partial charge on any atom is -0.395 e. The Kier molecular flexibility index (Phi) is 4.38. The molecule has 1 aliphatic carbocycles. The lowest BCUT2D eigenvalue weighted by Gasteiger charge is -2.24. The number of aryl methyl sites for hydroxylation is 2. The van der Waals surface area contributed by atoms with Crippen LogP contribution in [-0.2, 0) is 12.8 Å². The molecule has 3 rings (SSSR count). The zero-order chi connectivity index (χ0) is 13.9. The Balaban J connectivity index is 1.70. The van der Waals surface area contributed by atoms with Crippen LogP contribution in [0.1, 0.15) is 39.4 Å². The van der Waals surface area contributed by atoms with E-state index in [4.69, 9.17) is 0 Å². The minimum absolute atomic E-state index is 0.0313. The Bertz CT molecular complexity index is 459. The number of aliphatic hydroxyl groups excluding tert-OH is 1. The molecular formula is C15H22N2O2S. The normalized spacial score (nSPS) is 21.1. The van der Waals surface area contributed by atoms with E-state index >= 15 is 0 Å². The van der Waals surface area contributed by atoms with Gasteiger partial charge in [0.05, 0.1) is 11.5 Å². The smallest absolute Gasteiger partial charge is 0.264 e. The number of thiophene rings is 1. The quantitative estimate of drug-likeness (QED) is 0.863. The van der Waals surface area contributed by atoms with Gasteiger partial charge < -0.3 is 15.3 Å². The number of aliphatic hydroxyl groups is 1. The maximum Gasteiger partial charge on any atom is 0.264 e. The SMILES string of the molecule is O=C(c1cc2c(s1)CCC2)N(CCO)CC1CCCN1. The first-order valence-electron chi connectivity index (χ1n) is 7.53. The number of nitrogens with one attached hydrogen (secondary N) is 1. The Morgan fingerprint density at radius 2 is 2.35 bits per heavy atom. The fourth-order valence-electron chi connectivity index (χ4n) is 3.17. The summed E-state index contributed by atoms with van der Waals surface area (Å²) in [5.74, 6) is 0.0900. The summed E-state index contributed by atoms with van der Waals surface area (Å²) >= 11 is 1.65. The number of fused-ring (bicyclic) bond motifs is 1. The summed E-state index contributed by atoms with van der Waals surface area (Å²) in [4.78, 5) is 16.7. The topological polar surface area (TPSA) is 52.6 Å². The molecule has 1 saturated heterocycles. The van der Waals surface area contributed by atoms with Crippen molar-refractivity contribution in [1.82, 2.24) is 10.2 Å². The van der Waals surface area contributed by atoms with Crippen LogP contribution in [0.2, 0.25) is 0 Å². The minimum atomic E-state index is 0.0313. The number of hydrogen-bond acceptors (Lipinski definition) is 4. The van der Waals surface area contributed by atoms with Gasteiger partial charge in [0.15, 0.2) is 0 Å². The van der Waals surface area contributed by atoms with Gasteiger partial charge in [-0.05, 0) is 50.3 Å². The molecule has 20 heavy (non-hydrogen) atoms. The van der Waals surface area contributed by atoms with E-state index in [2.05, 4.69) is 11.4 Å². The van der Waals surface area contributed by atoms with E-state index in [-0.39, 0.29) is 12.5 Å². The van der Waals surface area contributed by atoms with Crippen molar-refractivity contribution in [1.29, 1.82) is 0 Å². The van der Waals surface area contributed by atoms with Crippen LogP contribution in [0.4, 0.5) is 0 Å². The Morgan fingerprint density at radius 1 is 1.45 bits per heavy atom. The number of hydrogen-bond donors (Lipinski definition) is 2. The second-order valence-electron chi connectivity index (χ2n) is 5.68. The van der Waals surface area contributed by atoms with Gasteiger partial charge in [-0.15, -0.1) is 11.3 Å². The fourth-order valence-corrected chi connectivity index (χ4v) is 4.39. The lowest BCUT2D eigenvalue weighted by atomic mass is 10.2. The zero-order valence-electron chi connectivity index (χ0n) is 11.7. The highest BCUT2D eigenvalue weighted by molar-refractivity contribution is 7.14. The van der Waals surface area contributed by atoms with E-state index in [1.54, 1.807) is 11.3 Å². The molecule has 1 amide bonds. The number of nitrogens with zero attached hydrogens (tertiary/aromatic N) is 1. The maximum atomic E-state index is 12.6. The molecule has 1 atom stereocenters. The van der Waals surface area contributed by atoms with Gasteiger partial charge >= 0.3 is 0 Å². The third-order valence-corrected chi connectivity index (χ3v) is 5.44. The maximum absolute atomic E-state index is 12.6. The van der Waals surface area contributed by atoms with Crippen molar-refractivity contribution >= 4 is 17.2 Å². The largest absolute Gasteiger partial charge is 0.395 e. The average Bonchev–Trinajstić information content (AvgIpc) is 3.13. The van der Waals surface area contributed by atoms with Crippen LogP contribution in [0.5, 0.6) is 0 Å². The van der Waals surface area contributed by atoms with E-state index in [1.165, 1.54) is 23.3 Å². The Hall–Kier alpha value is -0.910. The lowest BCUT2D eigenvalue weighted by Crippen LogP contribution is -2.42. The van der Waals surface area contributed by atoms with Crippen LogP contribution in [0.25, 0.3) is 0 Å². The first-order valence-corrected chi connectivity index (χ1v) is 8.34. The predicted octanol–water partition coefficient (Wildman–Crippen LogP) is 1.42. The number of carbonyl (C=O) groups excluding carboxylic acids is 1. The van der Waals surface area contributed by atoms with Gasteiger partial charge in [-0.3, -0.25) is 4.79 Å². The van der Waals surface area contributed by atoms with Gasteiger partial charge in [-0.2, -0.15) is 0 Å². The van der Waals surface area contributed by atoms with Gasteiger partial charge in [-0.1, -0.05) is 0 Å². The first kappa shape index (κ1) is 14.0. The highest BCUT2D eigenvalue weighted by Gasteiger charge is 2.25. The van der Waals surface area contributed by atoms with Gasteiger partial charge in [0, 0.05) is 24.0 Å². The lowest BCUT2D eigenvalue weighted by molar-refractivity contribution is 0.0711. The van der Waals surface area contributed by atoms with E-state index in [0.29, 0.717) is 19.1 Å². The molecule has 1 aromatic heterocycles. The molecule has 2 aliphatic rings. The summed E-state index contributed by atoms with van der Waals surface area (Å²) < 4.78 is 0. The second-order valence-corrected chi connectivity index (χ2v) is 6.82. The molecule has 0 bridgehead atoms. The van der Waals surface area contributed by atoms with E-state index in [1.807, 2.05) is 4.90 Å². The molecular weight excluding hydrogens is 272 g/mol. The molecule has 1 aromatic rings. The van der Waals surface area contributed by atoms with Crippen molar-refractivity contribution < 1.29 is 9.90 Å². The predicted molar refractivity (Wildman–Crippen MR) is 80.4 cm³/mol. The Labute approximate surface area is 123 Å². The molecule has 1 unspecified atom stereocenters. The molecule has 0 radical (unpaired) electrons. The fraction of sp³-hybridized carbons (Fsp3) is 0.667. The standard InChI is InChI=1S/C15H22N2O2S/c18-8-7-17(10-12-4-2-6-16-12)15(19)14-9-11-3-1-5-13(11)20-14/h9,12,16,18H,1-8,10H2. The zero-order valence-corrected chi connectivity index (χ0v) is 12.5. The van der Waals surface area contributed by atoms with Gasteiger partial charge in [-0.25, -0.2) is 0 Å². The molecule has 2 heterocycles. The first-order chi connectivity index (χ1) is 9.78. The van der Waals surface area contributed by atoms with Crippen molar-refractivity contribution in [3.63, 3.8) is 0 Å². The van der Waals surface area contributed by atoms with E-state index in [9.17, 15) is 9.90 Å². The van der Waals surface area contributed by atoms with Crippen LogP contribution in [0.15, 0.2) is 6.07 Å². The van der Waals surface area contributed by atoms with Crippen LogP contribution in [-0.4, -0.2) is 48.2 Å². The Morgan fingerprint density at radius 3 is 3.05 bits per heavy atom. The van der Waals surface area contributed by atoms with Crippen LogP contribution in [0.3, 0.4) is 0 Å². The van der Waals surface area contributed by atoms with Crippen molar-refractivity contribution in [2.75, 3.05) is 26.2 Å². The van der Waals surface area contributed by atoms with Crippen molar-refractivity contribution in [2.24, 2.45) is 0 Å². The molecule has 0 spiro atoms. The van der Waals surface area contributed by atoms with Crippen molar-refractivity contribution in [2.45, 2.75) is 38.1 Å². The van der Waals surface area contributed by atoms with E-state index in [0.717, 1.165) is 30.7 Å². The highest BCUT2D eigenvalue weighted by atomic mass is 32.1. The van der Waals surface area contributed by atoms with Crippen molar-refractivity contribution in [3.8, 4) is 0 Å². The summed E-state index contributed by atoms with van der Waals surface area (Å²) in [5.41, 5.74) is 1.36. The summed E-state index contributed by atoms with van der Waals surface area (Å²) in [6.07, 6.45) is 5.76. The third-order valence-electron chi connectivity index (χ3n) is 4.22. The second kappa shape index (κ2) is 6.24. The monoisotopic (exact) mass is 294 g/mol. The molecule has 0 aromatic carbocycles. The molecule has 110 valence electrons. The molecule has 1 fully saturated rings. The molecule has 5 heteroatoms. The van der Waals surface area contributed by atoms with E-state index < -0.39 is 0 Å². The summed E-state index contributed by atoms with van der Waals surface area (Å²) in [6.45, 7) is 2.21. The van der Waals surface area contributed by atoms with Gasteiger partial charge in [0.25, 0.3) is 5.91 Å². The summed E-state index contributed by atoms with van der Waals surface area (Å²) in [7, 11) is 0. The van der Waals surface area contributed by atoms with Crippen LogP contribution in [0, 0.1) is 0 Å².